The minimum Gasteiger partial charge on any atom is -0.508 e. The Hall–Kier alpha value is -2.00. The molecule has 1 N–H and O–H groups in total. The predicted molar refractivity (Wildman–Crippen MR) is 108 cm³/mol. The topological polar surface area (TPSA) is 35.8 Å². The number of piperidine rings is 1. The molecule has 0 radical (unpaired) electrons. The lowest BCUT2D eigenvalue weighted by molar-refractivity contribution is 0.0258. The van der Waals surface area contributed by atoms with Crippen molar-refractivity contribution in [3.63, 3.8) is 0 Å². The molecule has 3 atom stereocenters. The van der Waals surface area contributed by atoms with E-state index in [9.17, 15) is 5.11 Å². The molecule has 2 aliphatic rings. The van der Waals surface area contributed by atoms with Crippen LogP contribution >= 0.6 is 12.2 Å². The molecule has 2 aromatic carbocycles. The monoisotopic (exact) mass is 364 g/mol. The number of hydrogen-bond donors (Lipinski definition) is 1. The van der Waals surface area contributed by atoms with Crippen molar-refractivity contribution in [2.45, 2.75) is 44.7 Å². The van der Waals surface area contributed by atoms with Gasteiger partial charge in [-0.2, -0.15) is 4.99 Å². The van der Waals surface area contributed by atoms with Gasteiger partial charge >= 0.3 is 0 Å². The highest BCUT2D eigenvalue weighted by Crippen LogP contribution is 2.49. The first-order valence-corrected chi connectivity index (χ1v) is 9.65. The summed E-state index contributed by atoms with van der Waals surface area (Å²) in [6.45, 7) is 6.79. The first kappa shape index (κ1) is 17.4. The minimum atomic E-state index is 0.144. The number of aromatic hydroxyl groups is 1. The lowest BCUT2D eigenvalue weighted by Crippen LogP contribution is -2.57. The summed E-state index contributed by atoms with van der Waals surface area (Å²) in [6.07, 6.45) is 2.17. The molecular weight excluding hydrogens is 340 g/mol. The SMILES string of the molecule is C[C@@H]1[C@@H]2Cc3ccc(O)cc3[C@]1(C)CCN2Cc1ccc(N=C=S)cc1. The number of isothiocyanates is 1. The van der Waals surface area contributed by atoms with E-state index in [4.69, 9.17) is 0 Å². The van der Waals surface area contributed by atoms with Crippen LogP contribution in [0.4, 0.5) is 5.69 Å². The van der Waals surface area contributed by atoms with Gasteiger partial charge in [0.25, 0.3) is 0 Å². The minimum absolute atomic E-state index is 0.144. The van der Waals surface area contributed by atoms with Crippen molar-refractivity contribution in [2.24, 2.45) is 10.9 Å². The number of nitrogens with zero attached hydrogens (tertiary/aromatic N) is 2. The zero-order valence-electron chi connectivity index (χ0n) is 15.3. The molecule has 4 rings (SSSR count). The first-order chi connectivity index (χ1) is 12.5. The Morgan fingerprint density at radius 3 is 2.77 bits per heavy atom. The highest BCUT2D eigenvalue weighted by Gasteiger charge is 2.48. The van der Waals surface area contributed by atoms with Gasteiger partial charge in [-0.05, 0) is 83.9 Å². The first-order valence-electron chi connectivity index (χ1n) is 9.24. The number of benzene rings is 2. The van der Waals surface area contributed by atoms with E-state index in [2.05, 4.69) is 59.3 Å². The highest BCUT2D eigenvalue weighted by molar-refractivity contribution is 7.78. The van der Waals surface area contributed by atoms with E-state index in [1.807, 2.05) is 24.3 Å². The summed E-state index contributed by atoms with van der Waals surface area (Å²) >= 11 is 4.67. The van der Waals surface area contributed by atoms with Crippen LogP contribution in [-0.4, -0.2) is 27.8 Å². The van der Waals surface area contributed by atoms with Crippen molar-refractivity contribution in [2.75, 3.05) is 6.54 Å². The van der Waals surface area contributed by atoms with E-state index in [1.54, 1.807) is 0 Å². The lowest BCUT2D eigenvalue weighted by Gasteiger charge is -2.54. The number of likely N-dealkylation sites (tertiary alicyclic amines) is 1. The van der Waals surface area contributed by atoms with Crippen LogP contribution in [0.5, 0.6) is 5.75 Å². The Kier molecular flexibility index (Phi) is 4.44. The average Bonchev–Trinajstić information content (AvgIpc) is 2.63. The van der Waals surface area contributed by atoms with Crippen molar-refractivity contribution >= 4 is 23.1 Å². The van der Waals surface area contributed by atoms with Crippen molar-refractivity contribution in [3.8, 4) is 5.75 Å². The number of rotatable bonds is 3. The maximum absolute atomic E-state index is 9.96. The molecule has 0 spiro atoms. The molecule has 1 saturated heterocycles. The molecule has 26 heavy (non-hydrogen) atoms. The smallest absolute Gasteiger partial charge is 0.115 e. The van der Waals surface area contributed by atoms with Crippen molar-refractivity contribution in [1.29, 1.82) is 0 Å². The molecule has 1 aliphatic heterocycles. The largest absolute Gasteiger partial charge is 0.508 e. The van der Waals surface area contributed by atoms with Gasteiger partial charge in [-0.25, -0.2) is 0 Å². The number of hydrogen-bond acceptors (Lipinski definition) is 4. The number of phenols is 1. The molecule has 4 heteroatoms. The van der Waals surface area contributed by atoms with Gasteiger partial charge in [0.05, 0.1) is 10.8 Å². The van der Waals surface area contributed by atoms with Crippen molar-refractivity contribution < 1.29 is 5.11 Å². The van der Waals surface area contributed by atoms with Crippen LogP contribution in [0.1, 0.15) is 37.0 Å². The predicted octanol–water partition coefficient (Wildman–Crippen LogP) is 4.85. The number of aliphatic imine (C=N–C) groups is 1. The fourth-order valence-electron chi connectivity index (χ4n) is 4.85. The van der Waals surface area contributed by atoms with Crippen molar-refractivity contribution in [1.82, 2.24) is 4.90 Å². The molecule has 0 unspecified atom stereocenters. The number of thiocarbonyl (C=S) groups is 1. The summed E-state index contributed by atoms with van der Waals surface area (Å²) in [5, 5.41) is 12.4. The zero-order valence-corrected chi connectivity index (χ0v) is 16.1. The summed E-state index contributed by atoms with van der Waals surface area (Å²) in [7, 11) is 0. The Bertz CT molecular complexity index is 872. The Labute approximate surface area is 160 Å². The second-order valence-corrected chi connectivity index (χ2v) is 8.09. The lowest BCUT2D eigenvalue weighted by atomic mass is 9.59. The van der Waals surface area contributed by atoms with Crippen LogP contribution in [0, 0.1) is 5.92 Å². The van der Waals surface area contributed by atoms with E-state index in [-0.39, 0.29) is 5.41 Å². The van der Waals surface area contributed by atoms with Crippen LogP contribution in [0.25, 0.3) is 0 Å². The number of phenolic OH excluding ortho intramolecular Hbond substituents is 1. The molecule has 2 aromatic rings. The van der Waals surface area contributed by atoms with Gasteiger partial charge in [-0.3, -0.25) is 4.90 Å². The van der Waals surface area contributed by atoms with Gasteiger partial charge in [0.1, 0.15) is 5.75 Å². The summed E-state index contributed by atoms with van der Waals surface area (Å²) in [5.74, 6) is 0.946. The second kappa shape index (κ2) is 6.62. The molecule has 0 aromatic heterocycles. The summed E-state index contributed by atoms with van der Waals surface area (Å²) < 4.78 is 0. The average molecular weight is 365 g/mol. The summed E-state index contributed by atoms with van der Waals surface area (Å²) in [5.41, 5.74) is 5.05. The standard InChI is InChI=1S/C22H24N2OS/c1-15-21-11-17-5-8-19(25)12-20(17)22(15,2)9-10-24(21)13-16-3-6-18(7-4-16)23-14-26/h3-8,12,15,21,25H,9-11,13H2,1-2H3/t15-,21+,22-/m1/s1. The summed E-state index contributed by atoms with van der Waals surface area (Å²) in [6, 6.07) is 14.8. The molecule has 3 nitrogen and oxygen atoms in total. The third kappa shape index (κ3) is 2.88. The van der Waals surface area contributed by atoms with Crippen LogP contribution in [0.15, 0.2) is 47.5 Å². The van der Waals surface area contributed by atoms with E-state index in [0.717, 1.165) is 31.6 Å². The van der Waals surface area contributed by atoms with Gasteiger partial charge in [0, 0.05) is 12.6 Å². The molecule has 1 heterocycles. The van der Waals surface area contributed by atoms with E-state index < -0.39 is 0 Å². The van der Waals surface area contributed by atoms with Crippen LogP contribution in [0.2, 0.25) is 0 Å². The van der Waals surface area contributed by atoms with Crippen LogP contribution in [-0.2, 0) is 18.4 Å². The third-order valence-electron chi connectivity index (χ3n) is 6.60. The maximum atomic E-state index is 9.96. The third-order valence-corrected chi connectivity index (χ3v) is 6.70. The Morgan fingerprint density at radius 2 is 2.04 bits per heavy atom. The molecule has 0 amide bonds. The van der Waals surface area contributed by atoms with Gasteiger partial charge in [0.15, 0.2) is 0 Å². The molecule has 1 aliphatic carbocycles. The van der Waals surface area contributed by atoms with E-state index >= 15 is 0 Å². The molecule has 0 saturated carbocycles. The highest BCUT2D eigenvalue weighted by atomic mass is 32.1. The number of fused-ring (bicyclic) bond motifs is 4. The van der Waals surface area contributed by atoms with Gasteiger partial charge in [-0.1, -0.05) is 32.0 Å². The Morgan fingerprint density at radius 1 is 1.27 bits per heavy atom. The second-order valence-electron chi connectivity index (χ2n) is 7.91. The molecule has 134 valence electrons. The van der Waals surface area contributed by atoms with Crippen molar-refractivity contribution in [3.05, 3.63) is 59.2 Å². The van der Waals surface area contributed by atoms with Crippen LogP contribution < -0.4 is 0 Å². The fraction of sp³-hybridized carbons (Fsp3) is 0.409. The van der Waals surface area contributed by atoms with Gasteiger partial charge in [0.2, 0.25) is 0 Å². The molecular formula is C22H24N2OS. The van der Waals surface area contributed by atoms with Gasteiger partial charge in [-0.15, -0.1) is 0 Å². The molecule has 1 fully saturated rings. The normalized spacial score (nSPS) is 27.5. The van der Waals surface area contributed by atoms with Gasteiger partial charge < -0.3 is 5.11 Å². The maximum Gasteiger partial charge on any atom is 0.115 e. The quantitative estimate of drug-likeness (QED) is 0.625. The summed E-state index contributed by atoms with van der Waals surface area (Å²) in [4.78, 5) is 6.65. The van der Waals surface area contributed by atoms with E-state index in [0.29, 0.717) is 17.7 Å². The zero-order chi connectivity index (χ0) is 18.3. The Balaban J connectivity index is 1.60. The van der Waals surface area contributed by atoms with E-state index in [1.165, 1.54) is 16.7 Å². The molecule has 2 bridgehead atoms. The fourth-order valence-corrected chi connectivity index (χ4v) is 4.96. The van der Waals surface area contributed by atoms with Crippen LogP contribution in [0.3, 0.4) is 0 Å².